The van der Waals surface area contributed by atoms with E-state index in [1.807, 2.05) is 12.1 Å². The summed E-state index contributed by atoms with van der Waals surface area (Å²) in [5.41, 5.74) is 8.13. The number of hydrogen-bond donors (Lipinski definition) is 2. The summed E-state index contributed by atoms with van der Waals surface area (Å²) in [7, 11) is 0. The Kier molecular flexibility index (Phi) is 3.68. The van der Waals surface area contributed by atoms with Gasteiger partial charge in [0.05, 0.1) is 0 Å². The lowest BCUT2D eigenvalue weighted by Crippen LogP contribution is -2.52. The molecule has 0 unspecified atom stereocenters. The first-order valence-electron chi connectivity index (χ1n) is 7.57. The molecule has 0 spiro atoms. The Labute approximate surface area is 124 Å². The van der Waals surface area contributed by atoms with Crippen molar-refractivity contribution in [3.8, 4) is 0 Å². The zero-order chi connectivity index (χ0) is 14.9. The van der Waals surface area contributed by atoms with Crippen LogP contribution in [-0.4, -0.2) is 31.4 Å². The molecule has 1 aromatic rings. The van der Waals surface area contributed by atoms with E-state index in [0.717, 1.165) is 18.5 Å². The van der Waals surface area contributed by atoms with E-state index in [9.17, 15) is 9.59 Å². The van der Waals surface area contributed by atoms with Gasteiger partial charge >= 0.3 is 11.8 Å². The summed E-state index contributed by atoms with van der Waals surface area (Å²) >= 11 is 0. The molecule has 2 aliphatic rings. The standard InChI is InChI=1S/C16H21N3O2/c17-11-16(7-1-2-8-16)12-3-5-13(6-4-12)19-10-9-18-14(20)15(19)21/h3-6H,1-2,7-11,17H2,(H,18,20). The fraction of sp³-hybridized carbons (Fsp3) is 0.500. The Balaban J connectivity index is 1.84. The number of amides is 2. The molecule has 5 heteroatoms. The van der Waals surface area contributed by atoms with Crippen LogP contribution in [0.25, 0.3) is 0 Å². The number of piperazine rings is 1. The van der Waals surface area contributed by atoms with Crippen LogP contribution in [0.2, 0.25) is 0 Å². The van der Waals surface area contributed by atoms with E-state index >= 15 is 0 Å². The molecule has 112 valence electrons. The van der Waals surface area contributed by atoms with Gasteiger partial charge in [0.25, 0.3) is 0 Å². The van der Waals surface area contributed by atoms with Gasteiger partial charge in [-0.1, -0.05) is 25.0 Å². The Morgan fingerprint density at radius 1 is 1.14 bits per heavy atom. The molecule has 1 saturated heterocycles. The van der Waals surface area contributed by atoms with E-state index in [2.05, 4.69) is 17.4 Å². The maximum absolute atomic E-state index is 11.9. The number of nitrogens with one attached hydrogen (secondary N) is 1. The normalized spacial score (nSPS) is 21.5. The van der Waals surface area contributed by atoms with Crippen molar-refractivity contribution >= 4 is 17.5 Å². The van der Waals surface area contributed by atoms with Gasteiger partial charge in [-0.25, -0.2) is 0 Å². The summed E-state index contributed by atoms with van der Waals surface area (Å²) in [4.78, 5) is 24.8. The Hall–Kier alpha value is -1.88. The summed E-state index contributed by atoms with van der Waals surface area (Å²) in [5.74, 6) is -1.01. The molecule has 0 radical (unpaired) electrons. The first-order valence-corrected chi connectivity index (χ1v) is 7.57. The van der Waals surface area contributed by atoms with Crippen molar-refractivity contribution in [3.05, 3.63) is 29.8 Å². The smallest absolute Gasteiger partial charge is 0.316 e. The lowest BCUT2D eigenvalue weighted by atomic mass is 9.79. The highest BCUT2D eigenvalue weighted by atomic mass is 16.2. The third kappa shape index (κ3) is 2.42. The summed E-state index contributed by atoms with van der Waals surface area (Å²) in [6, 6.07) is 7.99. The molecular weight excluding hydrogens is 266 g/mol. The molecule has 1 saturated carbocycles. The molecule has 1 aliphatic carbocycles. The van der Waals surface area contributed by atoms with Crippen molar-refractivity contribution in [2.45, 2.75) is 31.1 Å². The minimum atomic E-state index is -0.528. The van der Waals surface area contributed by atoms with E-state index in [0.29, 0.717) is 19.6 Å². The highest BCUT2D eigenvalue weighted by Crippen LogP contribution is 2.40. The lowest BCUT2D eigenvalue weighted by Gasteiger charge is -2.30. The van der Waals surface area contributed by atoms with E-state index in [-0.39, 0.29) is 5.41 Å². The number of anilines is 1. The molecule has 0 atom stereocenters. The molecule has 1 aliphatic heterocycles. The average molecular weight is 287 g/mol. The molecule has 3 N–H and O–H groups in total. The number of nitrogens with two attached hydrogens (primary N) is 1. The van der Waals surface area contributed by atoms with Crippen molar-refractivity contribution in [1.29, 1.82) is 0 Å². The first kappa shape index (κ1) is 14.1. The minimum Gasteiger partial charge on any atom is -0.346 e. The number of benzene rings is 1. The zero-order valence-electron chi connectivity index (χ0n) is 12.1. The topological polar surface area (TPSA) is 75.4 Å². The predicted octanol–water partition coefficient (Wildman–Crippen LogP) is 0.920. The van der Waals surface area contributed by atoms with Crippen LogP contribution in [0.3, 0.4) is 0 Å². The van der Waals surface area contributed by atoms with E-state index in [1.165, 1.54) is 23.3 Å². The van der Waals surface area contributed by atoms with Crippen molar-refractivity contribution in [1.82, 2.24) is 5.32 Å². The van der Waals surface area contributed by atoms with Gasteiger partial charge in [0.1, 0.15) is 0 Å². The van der Waals surface area contributed by atoms with Crippen LogP contribution in [0.5, 0.6) is 0 Å². The number of carbonyl (C=O) groups is 2. The highest BCUT2D eigenvalue weighted by molar-refractivity contribution is 6.41. The Morgan fingerprint density at radius 2 is 1.81 bits per heavy atom. The fourth-order valence-electron chi connectivity index (χ4n) is 3.48. The van der Waals surface area contributed by atoms with E-state index < -0.39 is 11.8 Å². The van der Waals surface area contributed by atoms with Crippen LogP contribution in [0.15, 0.2) is 24.3 Å². The number of rotatable bonds is 3. The van der Waals surface area contributed by atoms with Crippen LogP contribution < -0.4 is 16.0 Å². The van der Waals surface area contributed by atoms with Crippen LogP contribution in [0.1, 0.15) is 31.2 Å². The molecule has 0 aromatic heterocycles. The molecule has 0 bridgehead atoms. The minimum absolute atomic E-state index is 0.0990. The molecule has 2 fully saturated rings. The van der Waals surface area contributed by atoms with E-state index in [4.69, 9.17) is 5.73 Å². The maximum atomic E-state index is 11.9. The molecule has 1 heterocycles. The van der Waals surface area contributed by atoms with Gasteiger partial charge in [-0.15, -0.1) is 0 Å². The summed E-state index contributed by atoms with van der Waals surface area (Å²) < 4.78 is 0. The number of hydrogen-bond acceptors (Lipinski definition) is 3. The highest BCUT2D eigenvalue weighted by Gasteiger charge is 2.34. The second kappa shape index (κ2) is 5.48. The monoisotopic (exact) mass is 287 g/mol. The largest absolute Gasteiger partial charge is 0.346 e. The van der Waals surface area contributed by atoms with Gasteiger partial charge in [-0.3, -0.25) is 9.59 Å². The van der Waals surface area contributed by atoms with Gasteiger partial charge in [0, 0.05) is 30.7 Å². The van der Waals surface area contributed by atoms with Crippen LogP contribution in [-0.2, 0) is 15.0 Å². The van der Waals surface area contributed by atoms with Crippen molar-refractivity contribution in [3.63, 3.8) is 0 Å². The molecule has 21 heavy (non-hydrogen) atoms. The van der Waals surface area contributed by atoms with Crippen molar-refractivity contribution in [2.24, 2.45) is 5.73 Å². The van der Waals surface area contributed by atoms with Gasteiger partial charge in [0.15, 0.2) is 0 Å². The average Bonchev–Trinajstić information content (AvgIpc) is 3.00. The molecule has 2 amide bonds. The molecule has 1 aromatic carbocycles. The van der Waals surface area contributed by atoms with Gasteiger partial charge in [0.2, 0.25) is 0 Å². The molecule has 5 nitrogen and oxygen atoms in total. The summed E-state index contributed by atoms with van der Waals surface area (Å²) in [6.07, 6.45) is 4.72. The van der Waals surface area contributed by atoms with Gasteiger partial charge in [-0.2, -0.15) is 0 Å². The van der Waals surface area contributed by atoms with Crippen molar-refractivity contribution < 1.29 is 9.59 Å². The third-order valence-electron chi connectivity index (χ3n) is 4.80. The molecular formula is C16H21N3O2. The van der Waals surface area contributed by atoms with Crippen molar-refractivity contribution in [2.75, 3.05) is 24.5 Å². The summed E-state index contributed by atoms with van der Waals surface area (Å²) in [5, 5.41) is 2.56. The zero-order valence-corrected chi connectivity index (χ0v) is 12.1. The Bertz CT molecular complexity index is 547. The van der Waals surface area contributed by atoms with Crippen LogP contribution in [0, 0.1) is 0 Å². The van der Waals surface area contributed by atoms with Crippen LogP contribution in [0.4, 0.5) is 5.69 Å². The second-order valence-electron chi connectivity index (χ2n) is 5.95. The number of nitrogens with zero attached hydrogens (tertiary/aromatic N) is 1. The predicted molar refractivity (Wildman–Crippen MR) is 81.0 cm³/mol. The van der Waals surface area contributed by atoms with Gasteiger partial charge in [-0.05, 0) is 30.5 Å². The van der Waals surface area contributed by atoms with Crippen LogP contribution >= 0.6 is 0 Å². The number of carbonyl (C=O) groups excluding carboxylic acids is 2. The Morgan fingerprint density at radius 3 is 2.43 bits per heavy atom. The van der Waals surface area contributed by atoms with E-state index in [1.54, 1.807) is 0 Å². The first-order chi connectivity index (χ1) is 10.2. The molecule has 3 rings (SSSR count). The quantitative estimate of drug-likeness (QED) is 0.812. The SMILES string of the molecule is NCC1(c2ccc(N3CCNC(=O)C3=O)cc2)CCCC1. The third-order valence-corrected chi connectivity index (χ3v) is 4.80. The fourth-order valence-corrected chi connectivity index (χ4v) is 3.48. The maximum Gasteiger partial charge on any atom is 0.316 e. The second-order valence-corrected chi connectivity index (χ2v) is 5.95. The van der Waals surface area contributed by atoms with Gasteiger partial charge < -0.3 is 16.0 Å². The summed E-state index contributed by atoms with van der Waals surface area (Å²) in [6.45, 7) is 1.68. The lowest BCUT2D eigenvalue weighted by molar-refractivity contribution is -0.138.